The van der Waals surface area contributed by atoms with Crippen molar-refractivity contribution in [3.8, 4) is 5.88 Å². The molecule has 1 unspecified atom stereocenters. The molecule has 0 saturated carbocycles. The molecule has 4 heterocycles. The number of nitrogens with one attached hydrogen (secondary N) is 2. The van der Waals surface area contributed by atoms with Crippen molar-refractivity contribution in [1.82, 2.24) is 25.0 Å². The van der Waals surface area contributed by atoms with Crippen LogP contribution in [0.25, 0.3) is 0 Å². The topological polar surface area (TPSA) is 147 Å². The number of sulfonamides is 1. The summed E-state index contributed by atoms with van der Waals surface area (Å²) < 4.78 is 72.9. The van der Waals surface area contributed by atoms with E-state index < -0.39 is 45.4 Å². The number of carbonyl (C=O) groups is 3. The quantitative estimate of drug-likeness (QED) is 0.427. The van der Waals surface area contributed by atoms with Crippen LogP contribution >= 0.6 is 11.6 Å². The summed E-state index contributed by atoms with van der Waals surface area (Å²) in [5.74, 6) is -4.96. The third kappa shape index (κ3) is 6.73. The summed E-state index contributed by atoms with van der Waals surface area (Å²) in [6.07, 6.45) is -3.26. The van der Waals surface area contributed by atoms with E-state index in [0.29, 0.717) is 36.8 Å². The molecule has 4 rings (SSSR count). The number of aromatic nitrogens is 1. The van der Waals surface area contributed by atoms with Gasteiger partial charge in [-0.15, -0.1) is 5.06 Å². The zero-order valence-corrected chi connectivity index (χ0v) is 22.1. The standard InChI is InChI=1S/C22H27ClF3N5O7S/c23-15-1-2-17(28-12-15)37-16-5-9-30(10-6-16)39(35,36)13-21(11-14-3-7-27-8-4-14)18(32)29-20(34)31(21)38-19(33)22(24,25)26/h1-2,12,14,16,27H,3-11,13H2,(H,29,32,34). The molecule has 12 nitrogen and oxygen atoms in total. The molecule has 0 aliphatic carbocycles. The highest BCUT2D eigenvalue weighted by Gasteiger charge is 2.61. The van der Waals surface area contributed by atoms with Crippen molar-refractivity contribution in [1.29, 1.82) is 0 Å². The van der Waals surface area contributed by atoms with Gasteiger partial charge in [0.15, 0.2) is 5.54 Å². The minimum Gasteiger partial charge on any atom is -0.474 e. The maximum atomic E-state index is 13.5. The van der Waals surface area contributed by atoms with Crippen molar-refractivity contribution >= 4 is 39.5 Å². The minimum absolute atomic E-state index is 0.0120. The highest BCUT2D eigenvalue weighted by atomic mass is 35.5. The lowest BCUT2D eigenvalue weighted by Gasteiger charge is -2.38. The molecule has 3 saturated heterocycles. The number of alkyl halides is 3. The van der Waals surface area contributed by atoms with Crippen molar-refractivity contribution in [3.05, 3.63) is 23.4 Å². The monoisotopic (exact) mass is 597 g/mol. The molecule has 0 radical (unpaired) electrons. The van der Waals surface area contributed by atoms with Crippen molar-refractivity contribution in [2.24, 2.45) is 5.92 Å². The average Bonchev–Trinajstić information content (AvgIpc) is 3.09. The molecule has 1 aromatic heterocycles. The van der Waals surface area contributed by atoms with Crippen molar-refractivity contribution < 1.29 is 45.5 Å². The van der Waals surface area contributed by atoms with E-state index in [9.17, 15) is 36.0 Å². The largest absolute Gasteiger partial charge is 0.493 e. The number of ether oxygens (including phenoxy) is 1. The maximum absolute atomic E-state index is 13.5. The smallest absolute Gasteiger partial charge is 0.474 e. The van der Waals surface area contributed by atoms with Gasteiger partial charge in [-0.3, -0.25) is 10.1 Å². The Morgan fingerprint density at radius 1 is 1.15 bits per heavy atom. The van der Waals surface area contributed by atoms with E-state index in [0.717, 1.165) is 4.31 Å². The fourth-order valence-electron chi connectivity index (χ4n) is 4.96. The highest BCUT2D eigenvalue weighted by molar-refractivity contribution is 7.89. The molecule has 3 aliphatic heterocycles. The van der Waals surface area contributed by atoms with E-state index in [1.165, 1.54) is 6.20 Å². The first kappa shape index (κ1) is 29.3. The molecule has 1 atom stereocenters. The lowest BCUT2D eigenvalue weighted by Crippen LogP contribution is -2.59. The van der Waals surface area contributed by atoms with Gasteiger partial charge in [-0.05, 0) is 57.2 Å². The Kier molecular flexibility index (Phi) is 8.58. The Bertz CT molecular complexity index is 1190. The van der Waals surface area contributed by atoms with E-state index in [4.69, 9.17) is 16.3 Å². The molecule has 1 aromatic rings. The molecule has 39 heavy (non-hydrogen) atoms. The van der Waals surface area contributed by atoms with E-state index in [1.54, 1.807) is 12.1 Å². The number of imide groups is 1. The van der Waals surface area contributed by atoms with Gasteiger partial charge < -0.3 is 14.9 Å². The molecule has 17 heteroatoms. The van der Waals surface area contributed by atoms with Gasteiger partial charge in [0.05, 0.1) is 5.02 Å². The summed E-state index contributed by atoms with van der Waals surface area (Å²) in [5.41, 5.74) is -2.38. The first-order valence-corrected chi connectivity index (χ1v) is 14.2. The molecule has 3 fully saturated rings. The normalized spacial score (nSPS) is 24.1. The number of nitrogens with zero attached hydrogens (tertiary/aromatic N) is 3. The lowest BCUT2D eigenvalue weighted by atomic mass is 9.83. The lowest BCUT2D eigenvalue weighted by molar-refractivity contribution is -0.238. The number of urea groups is 1. The summed E-state index contributed by atoms with van der Waals surface area (Å²) in [6.45, 7) is 1.03. The van der Waals surface area contributed by atoms with Crippen molar-refractivity contribution in [2.75, 3.05) is 31.9 Å². The average molecular weight is 598 g/mol. The second-order valence-corrected chi connectivity index (χ2v) is 12.1. The molecule has 0 spiro atoms. The predicted octanol–water partition coefficient (Wildman–Crippen LogP) is 1.61. The van der Waals surface area contributed by atoms with Gasteiger partial charge in [-0.1, -0.05) is 11.6 Å². The molecule has 0 bridgehead atoms. The summed E-state index contributed by atoms with van der Waals surface area (Å²) >= 11 is 5.82. The predicted molar refractivity (Wildman–Crippen MR) is 129 cm³/mol. The zero-order valence-electron chi connectivity index (χ0n) is 20.6. The molecule has 0 aromatic carbocycles. The summed E-state index contributed by atoms with van der Waals surface area (Å²) in [6, 6.07) is 1.73. The maximum Gasteiger partial charge on any atom is 0.493 e. The Morgan fingerprint density at radius 2 is 1.82 bits per heavy atom. The second kappa shape index (κ2) is 11.4. The molecular formula is C22H27ClF3N5O7S. The van der Waals surface area contributed by atoms with Gasteiger partial charge >= 0.3 is 18.2 Å². The fraction of sp³-hybridized carbons (Fsp3) is 0.636. The van der Waals surface area contributed by atoms with Crippen molar-refractivity contribution in [3.63, 3.8) is 0 Å². The van der Waals surface area contributed by atoms with Crippen LogP contribution in [0.5, 0.6) is 5.88 Å². The second-order valence-electron chi connectivity index (χ2n) is 9.65. The Balaban J connectivity index is 1.53. The van der Waals surface area contributed by atoms with Crippen molar-refractivity contribution in [2.45, 2.75) is 49.9 Å². The summed E-state index contributed by atoms with van der Waals surface area (Å²) in [4.78, 5) is 45.6. The van der Waals surface area contributed by atoms with Crippen LogP contribution in [0.15, 0.2) is 18.3 Å². The summed E-state index contributed by atoms with van der Waals surface area (Å²) in [7, 11) is -4.34. The zero-order chi connectivity index (χ0) is 28.4. The van der Waals surface area contributed by atoms with E-state index in [1.807, 2.05) is 5.32 Å². The molecule has 216 valence electrons. The van der Waals surface area contributed by atoms with Crippen LogP contribution in [0.3, 0.4) is 0 Å². The number of hydrogen-bond donors (Lipinski definition) is 2. The fourth-order valence-corrected chi connectivity index (χ4v) is 6.99. The minimum atomic E-state index is -5.48. The van der Waals surface area contributed by atoms with Gasteiger partial charge in [0, 0.05) is 25.4 Å². The number of piperidine rings is 2. The van der Waals surface area contributed by atoms with Crippen LogP contribution < -0.4 is 15.4 Å². The number of halogens is 4. The van der Waals surface area contributed by atoms with Crippen LogP contribution in [0.1, 0.15) is 32.1 Å². The van der Waals surface area contributed by atoms with Crippen LogP contribution in [0.4, 0.5) is 18.0 Å². The summed E-state index contributed by atoms with van der Waals surface area (Å²) in [5, 5.41) is 5.32. The van der Waals surface area contributed by atoms with Gasteiger partial charge in [0.1, 0.15) is 11.9 Å². The molecule has 3 amide bonds. The Hall–Kier alpha value is -2.69. The van der Waals surface area contributed by atoms with Crippen LogP contribution in [0.2, 0.25) is 5.02 Å². The molecule has 3 aliphatic rings. The van der Waals surface area contributed by atoms with Gasteiger partial charge in [-0.25, -0.2) is 27.3 Å². The first-order chi connectivity index (χ1) is 18.3. The van der Waals surface area contributed by atoms with E-state index in [-0.39, 0.29) is 49.4 Å². The van der Waals surface area contributed by atoms with Crippen LogP contribution in [-0.4, -0.2) is 90.4 Å². The SMILES string of the molecule is O=C1NC(=O)C(CC2CCNCC2)(CS(=O)(=O)N2CCC(Oc3ccc(Cl)cn3)CC2)N1OC(=O)C(F)(F)F. The van der Waals surface area contributed by atoms with Gasteiger partial charge in [0.25, 0.3) is 5.91 Å². The third-order valence-corrected chi connectivity index (χ3v) is 9.13. The Labute approximate surface area is 227 Å². The van der Waals surface area contributed by atoms with Crippen LogP contribution in [0, 0.1) is 5.92 Å². The number of amides is 3. The highest BCUT2D eigenvalue weighted by Crippen LogP contribution is 2.36. The van der Waals surface area contributed by atoms with E-state index in [2.05, 4.69) is 15.1 Å². The molecular weight excluding hydrogens is 571 g/mol. The van der Waals surface area contributed by atoms with Gasteiger partial charge in [-0.2, -0.15) is 13.2 Å². The number of carbonyl (C=O) groups excluding carboxylic acids is 3. The van der Waals surface area contributed by atoms with E-state index >= 15 is 0 Å². The first-order valence-electron chi connectivity index (χ1n) is 12.2. The molecule has 2 N–H and O–H groups in total. The van der Waals surface area contributed by atoms with Gasteiger partial charge in [0.2, 0.25) is 15.9 Å². The number of pyridine rings is 1. The van der Waals surface area contributed by atoms with Crippen LogP contribution in [-0.2, 0) is 24.4 Å². The number of hydroxylamine groups is 2. The number of rotatable bonds is 8. The third-order valence-electron chi connectivity index (χ3n) is 6.91. The number of hydrogen-bond acceptors (Lipinski definition) is 9. The Morgan fingerprint density at radius 3 is 2.41 bits per heavy atom.